The first kappa shape index (κ1) is 38.3. The lowest BCUT2D eigenvalue weighted by molar-refractivity contribution is -0.120. The van der Waals surface area contributed by atoms with E-state index >= 15 is 0 Å². The van der Waals surface area contributed by atoms with Gasteiger partial charge in [0.2, 0.25) is 0 Å². The number of ketones is 1. The minimum atomic E-state index is -0.223. The number of aliphatic hydroxyl groups is 1. The molecule has 2 aliphatic rings. The number of carbonyl (C=O) groups is 1. The van der Waals surface area contributed by atoms with E-state index in [1.54, 1.807) is 0 Å². The Balaban J connectivity index is 0.000000154. The summed E-state index contributed by atoms with van der Waals surface area (Å²) in [6.07, 6.45) is 8.68. The Bertz CT molecular complexity index is 2720. The van der Waals surface area contributed by atoms with Crippen LogP contribution in [0.5, 0.6) is 23.0 Å². The number of Topliss-reactive ketones (excluding diaryl/α,β-unsaturated/α-hetero) is 1. The van der Waals surface area contributed by atoms with E-state index in [0.717, 1.165) is 100 Å². The van der Waals surface area contributed by atoms with Crippen molar-refractivity contribution in [2.24, 2.45) is 0 Å². The summed E-state index contributed by atoms with van der Waals surface area (Å²) in [5.74, 6) is 4.19. The fraction of sp³-hybridized carbons (Fsp3) is 0.239. The minimum absolute atomic E-state index is 0.133. The van der Waals surface area contributed by atoms with Gasteiger partial charge in [0.1, 0.15) is 64.5 Å². The van der Waals surface area contributed by atoms with Gasteiger partial charge in [-0.05, 0) is 111 Å². The summed E-state index contributed by atoms with van der Waals surface area (Å²) < 4.78 is 15.7. The van der Waals surface area contributed by atoms with Crippen molar-refractivity contribution >= 4 is 39.5 Å². The van der Waals surface area contributed by atoms with E-state index in [2.05, 4.69) is 19.9 Å². The van der Waals surface area contributed by atoms with Crippen molar-refractivity contribution in [2.75, 3.05) is 11.5 Å². The number of aromatic nitrogens is 8. The van der Waals surface area contributed by atoms with Gasteiger partial charge in [0.25, 0.3) is 0 Å². The fourth-order valence-electron chi connectivity index (χ4n) is 7.99. The van der Waals surface area contributed by atoms with Crippen molar-refractivity contribution in [2.45, 2.75) is 69.6 Å². The Hall–Kier alpha value is -7.19. The van der Waals surface area contributed by atoms with E-state index in [0.29, 0.717) is 35.9 Å². The number of para-hydroxylation sites is 2. The third kappa shape index (κ3) is 8.09. The number of aliphatic hydroxyl groups excluding tert-OH is 1. The summed E-state index contributed by atoms with van der Waals surface area (Å²) in [7, 11) is 0. The topological polar surface area (TPSA) is 195 Å². The standard InChI is InChI=1S/C23H23N5O2.C23H21N5O2/c2*24-22-20-21(15-6-12-19(13-7-15)30-18-4-2-1-3-5-18)27-28(23(20)26-14-25-22)16-8-10-17(29)11-9-16/h1-7,12-14,16-17,29H,8-11H2,(H2,24,25,26);1-7,12-14,16H,8-11H2,(H2,24,25,26). The van der Waals surface area contributed by atoms with Crippen molar-refractivity contribution in [3.8, 4) is 45.5 Å². The van der Waals surface area contributed by atoms with Gasteiger partial charge in [0, 0.05) is 24.0 Å². The van der Waals surface area contributed by atoms with Gasteiger partial charge in [-0.2, -0.15) is 10.2 Å². The predicted molar refractivity (Wildman–Crippen MR) is 229 cm³/mol. The number of nitrogens with zero attached hydrogens (tertiary/aromatic N) is 8. The van der Waals surface area contributed by atoms with Crippen LogP contribution in [0.1, 0.15) is 63.5 Å². The van der Waals surface area contributed by atoms with Gasteiger partial charge in [0.05, 0.1) is 29.0 Å². The zero-order chi connectivity index (χ0) is 41.0. The molecule has 0 aliphatic heterocycles. The molecular weight excluding hydrogens is 757 g/mol. The molecule has 10 rings (SSSR count). The van der Waals surface area contributed by atoms with Crippen LogP contribution in [-0.2, 0) is 4.79 Å². The molecule has 60 heavy (non-hydrogen) atoms. The average Bonchev–Trinajstić information content (AvgIpc) is 3.87. The molecule has 0 bridgehead atoms. The summed E-state index contributed by atoms with van der Waals surface area (Å²) in [5, 5.41) is 21.1. The third-order valence-corrected chi connectivity index (χ3v) is 11.1. The molecule has 2 aliphatic carbocycles. The lowest BCUT2D eigenvalue weighted by Crippen LogP contribution is -2.22. The normalized spacial score (nSPS) is 17.0. The Labute approximate surface area is 345 Å². The highest BCUT2D eigenvalue weighted by Gasteiger charge is 2.27. The summed E-state index contributed by atoms with van der Waals surface area (Å²) >= 11 is 0. The van der Waals surface area contributed by atoms with E-state index < -0.39 is 0 Å². The van der Waals surface area contributed by atoms with Crippen LogP contribution in [0.3, 0.4) is 0 Å². The maximum Gasteiger partial charge on any atom is 0.164 e. The average molecular weight is 801 g/mol. The van der Waals surface area contributed by atoms with Gasteiger partial charge >= 0.3 is 0 Å². The SMILES string of the molecule is Nc1ncnc2c1c(-c1ccc(Oc3ccccc3)cc1)nn2C1CCC(=O)CC1.Nc1ncnc2c1c(-c1ccc(Oc3ccccc3)cc1)nn2C1CCC(O)CC1. The van der Waals surface area contributed by atoms with Gasteiger partial charge < -0.3 is 26.0 Å². The number of anilines is 2. The second kappa shape index (κ2) is 17.0. The lowest BCUT2D eigenvalue weighted by atomic mass is 9.93. The number of hydrogen-bond acceptors (Lipinski definition) is 12. The molecule has 0 amide bonds. The zero-order valence-corrected chi connectivity index (χ0v) is 32.8. The van der Waals surface area contributed by atoms with Crippen LogP contribution < -0.4 is 20.9 Å². The molecule has 8 aromatic rings. The van der Waals surface area contributed by atoms with Crippen LogP contribution in [0.4, 0.5) is 11.6 Å². The molecule has 2 saturated carbocycles. The first-order valence-electron chi connectivity index (χ1n) is 20.2. The summed E-state index contributed by atoms with van der Waals surface area (Å²) in [6, 6.07) is 35.2. The minimum Gasteiger partial charge on any atom is -0.457 e. The Kier molecular flexibility index (Phi) is 10.8. The molecule has 5 N–H and O–H groups in total. The first-order chi connectivity index (χ1) is 29.4. The highest BCUT2D eigenvalue weighted by atomic mass is 16.5. The quantitative estimate of drug-likeness (QED) is 0.132. The van der Waals surface area contributed by atoms with Gasteiger partial charge in [-0.25, -0.2) is 29.3 Å². The van der Waals surface area contributed by atoms with Crippen molar-refractivity contribution < 1.29 is 19.4 Å². The third-order valence-electron chi connectivity index (χ3n) is 11.1. The Morgan fingerprint density at radius 2 is 0.917 bits per heavy atom. The molecule has 14 nitrogen and oxygen atoms in total. The molecule has 4 aromatic carbocycles. The highest BCUT2D eigenvalue weighted by Crippen LogP contribution is 2.38. The van der Waals surface area contributed by atoms with Crippen molar-refractivity contribution in [1.82, 2.24) is 39.5 Å². The number of nitrogens with two attached hydrogens (primary N) is 2. The number of fused-ring (bicyclic) bond motifs is 2. The molecule has 0 atom stereocenters. The molecular formula is C46H44N10O4. The molecule has 4 aromatic heterocycles. The number of nitrogen functional groups attached to an aromatic ring is 2. The van der Waals surface area contributed by atoms with Gasteiger partial charge in [0.15, 0.2) is 11.3 Å². The van der Waals surface area contributed by atoms with Gasteiger partial charge in [-0.1, -0.05) is 36.4 Å². The number of carbonyl (C=O) groups excluding carboxylic acids is 1. The van der Waals surface area contributed by atoms with Crippen LogP contribution in [0, 0.1) is 0 Å². The second-order valence-electron chi connectivity index (χ2n) is 15.1. The predicted octanol–water partition coefficient (Wildman–Crippen LogP) is 8.90. The molecule has 0 spiro atoms. The lowest BCUT2D eigenvalue weighted by Gasteiger charge is -2.25. The van der Waals surface area contributed by atoms with Crippen LogP contribution in [0.15, 0.2) is 122 Å². The molecule has 0 radical (unpaired) electrons. The summed E-state index contributed by atoms with van der Waals surface area (Å²) in [4.78, 5) is 29.0. The number of hydrogen-bond donors (Lipinski definition) is 3. The van der Waals surface area contributed by atoms with Crippen LogP contribution >= 0.6 is 0 Å². The summed E-state index contributed by atoms with van der Waals surface area (Å²) in [5.41, 5.74) is 17.2. The van der Waals surface area contributed by atoms with E-state index in [4.69, 9.17) is 31.1 Å². The number of rotatable bonds is 8. The Morgan fingerprint density at radius 1 is 0.517 bits per heavy atom. The number of ether oxygens (including phenoxy) is 2. The van der Waals surface area contributed by atoms with E-state index in [1.807, 2.05) is 119 Å². The van der Waals surface area contributed by atoms with Crippen LogP contribution in [0.25, 0.3) is 44.6 Å². The molecule has 2 fully saturated rings. The zero-order valence-electron chi connectivity index (χ0n) is 32.8. The van der Waals surface area contributed by atoms with Gasteiger partial charge in [-0.15, -0.1) is 0 Å². The molecule has 0 saturated heterocycles. The molecule has 302 valence electrons. The second-order valence-corrected chi connectivity index (χ2v) is 15.1. The highest BCUT2D eigenvalue weighted by molar-refractivity contribution is 5.99. The smallest absolute Gasteiger partial charge is 0.164 e. The largest absolute Gasteiger partial charge is 0.457 e. The summed E-state index contributed by atoms with van der Waals surface area (Å²) in [6.45, 7) is 0. The van der Waals surface area contributed by atoms with Crippen molar-refractivity contribution in [1.29, 1.82) is 0 Å². The molecule has 0 unspecified atom stereocenters. The van der Waals surface area contributed by atoms with E-state index in [1.165, 1.54) is 12.7 Å². The maximum absolute atomic E-state index is 11.7. The van der Waals surface area contributed by atoms with E-state index in [9.17, 15) is 9.90 Å². The van der Waals surface area contributed by atoms with Crippen molar-refractivity contribution in [3.05, 3.63) is 122 Å². The Morgan fingerprint density at radius 3 is 1.35 bits per heavy atom. The van der Waals surface area contributed by atoms with Gasteiger partial charge in [-0.3, -0.25) is 4.79 Å². The fourth-order valence-corrected chi connectivity index (χ4v) is 7.99. The van der Waals surface area contributed by atoms with Crippen LogP contribution in [-0.4, -0.2) is 56.5 Å². The van der Waals surface area contributed by atoms with E-state index in [-0.39, 0.29) is 18.2 Å². The maximum atomic E-state index is 11.7. The molecule has 4 heterocycles. The monoisotopic (exact) mass is 800 g/mol. The van der Waals surface area contributed by atoms with Crippen LogP contribution in [0.2, 0.25) is 0 Å². The number of benzene rings is 4. The molecule has 14 heteroatoms. The first-order valence-corrected chi connectivity index (χ1v) is 20.2. The van der Waals surface area contributed by atoms with Crippen molar-refractivity contribution in [3.63, 3.8) is 0 Å².